The standard InChI is InChI=1S/C53H59N3O4.C2H6/c1-7-33-56-49(27-24-44(38-54)21-16-30-52(6,35-41(5)57)40(4)34-46(60-39(2)3)28-31-55-32-29-50(58)59)53(36-42-17-10-8-11-18-42,37-43-19-12-9-13-20-43)48-26-25-45-22-14-15-23-47(45)51(48)56;1-2/h8-28,31,34,39,55H,4,7,29-30,32-33,35-37H2,1-3,5-6H3,(H,58,59);1-2H3/p+1/b21-16+,31-28-,44-24-,46-34+,49-27+;. The Balaban J connectivity index is 0.00000416. The molecule has 7 nitrogen and oxygen atoms in total. The van der Waals surface area contributed by atoms with Crippen molar-refractivity contribution in [3.63, 3.8) is 0 Å². The third-order valence-corrected chi connectivity index (χ3v) is 11.1. The number of quaternary nitrogens is 1. The van der Waals surface area contributed by atoms with Gasteiger partial charge in [-0.15, -0.1) is 0 Å². The minimum Gasteiger partial charge on any atom is -0.491 e. The van der Waals surface area contributed by atoms with Crippen LogP contribution in [0.25, 0.3) is 10.8 Å². The third kappa shape index (κ3) is 12.9. The number of rotatable bonds is 21. The van der Waals surface area contributed by atoms with Crippen LogP contribution in [-0.2, 0) is 32.6 Å². The molecule has 0 aliphatic carbocycles. The van der Waals surface area contributed by atoms with Gasteiger partial charge in [-0.2, -0.15) is 5.26 Å². The van der Waals surface area contributed by atoms with Crippen LogP contribution in [0.15, 0.2) is 169 Å². The summed E-state index contributed by atoms with van der Waals surface area (Å²) in [7, 11) is 0. The molecule has 4 aromatic rings. The number of Topliss-reactive ketones (excluding diaryl/α,β-unsaturated/α-hetero) is 1. The van der Waals surface area contributed by atoms with Crippen molar-refractivity contribution in [2.75, 3.05) is 18.0 Å². The molecule has 0 radical (unpaired) electrons. The molecule has 4 aromatic carbocycles. The molecule has 0 saturated carbocycles. The second-order valence-electron chi connectivity index (χ2n) is 16.3. The number of nitrogens with zero attached hydrogens (tertiary/aromatic N) is 2. The van der Waals surface area contributed by atoms with E-state index in [-0.39, 0.29) is 24.7 Å². The lowest BCUT2D eigenvalue weighted by molar-refractivity contribution is -0.586. The number of nitrogens with two attached hydrogens (primary N) is 1. The van der Waals surface area contributed by atoms with E-state index < -0.39 is 16.8 Å². The number of hydrogen-bond acceptors (Lipinski definition) is 5. The number of benzene rings is 4. The summed E-state index contributed by atoms with van der Waals surface area (Å²) in [5, 5.41) is 23.8. The van der Waals surface area contributed by atoms with E-state index in [1.165, 1.54) is 33.2 Å². The molecule has 1 aliphatic rings. The topological polar surface area (TPSA) is 107 Å². The minimum atomic E-state index is -0.850. The molecule has 0 amide bonds. The van der Waals surface area contributed by atoms with Crippen LogP contribution in [0.1, 0.15) is 90.8 Å². The first-order chi connectivity index (χ1) is 29.9. The minimum absolute atomic E-state index is 0.0302. The van der Waals surface area contributed by atoms with Crippen molar-refractivity contribution in [2.45, 2.75) is 98.5 Å². The molecule has 0 aromatic heterocycles. The van der Waals surface area contributed by atoms with Crippen molar-refractivity contribution in [1.29, 1.82) is 5.26 Å². The number of hydrogen-bond donors (Lipinski definition) is 2. The molecule has 5 rings (SSSR count). The summed E-state index contributed by atoms with van der Waals surface area (Å²) in [6, 6.07) is 37.0. The second kappa shape index (κ2) is 23.7. The van der Waals surface area contributed by atoms with E-state index in [0.717, 1.165) is 37.1 Å². The number of carboxylic acid groups (broad SMARTS) is 1. The lowest BCUT2D eigenvalue weighted by atomic mass is 9.70. The predicted molar refractivity (Wildman–Crippen MR) is 255 cm³/mol. The van der Waals surface area contributed by atoms with Gasteiger partial charge in [0.25, 0.3) is 0 Å². The molecule has 324 valence electrons. The highest BCUT2D eigenvalue weighted by molar-refractivity contribution is 5.99. The van der Waals surface area contributed by atoms with Crippen molar-refractivity contribution in [1.82, 2.24) is 0 Å². The van der Waals surface area contributed by atoms with E-state index >= 15 is 0 Å². The first-order valence-electron chi connectivity index (χ1n) is 22.0. The number of fused-ring (bicyclic) bond motifs is 3. The summed E-state index contributed by atoms with van der Waals surface area (Å²) in [4.78, 5) is 26.1. The number of allylic oxidation sites excluding steroid dienone is 9. The van der Waals surface area contributed by atoms with Crippen LogP contribution < -0.4 is 10.2 Å². The lowest BCUT2D eigenvalue weighted by Crippen LogP contribution is -2.78. The van der Waals surface area contributed by atoms with E-state index in [4.69, 9.17) is 9.84 Å². The first kappa shape index (κ1) is 48.4. The Bertz CT molecular complexity index is 2290. The van der Waals surface area contributed by atoms with Gasteiger partial charge < -0.3 is 20.1 Å². The van der Waals surface area contributed by atoms with Gasteiger partial charge in [-0.3, -0.25) is 9.59 Å². The van der Waals surface area contributed by atoms with Crippen molar-refractivity contribution in [3.8, 4) is 6.07 Å². The molecule has 0 saturated heterocycles. The molecule has 1 atom stereocenters. The Morgan fingerprint density at radius 2 is 1.58 bits per heavy atom. The zero-order chi connectivity index (χ0) is 45.1. The molecule has 1 heterocycles. The smallest absolute Gasteiger partial charge is 0.309 e. The number of anilines is 1. The van der Waals surface area contributed by atoms with Crippen LogP contribution in [0.2, 0.25) is 0 Å². The monoisotopic (exact) mass is 833 g/mol. The van der Waals surface area contributed by atoms with E-state index in [1.54, 1.807) is 24.5 Å². The van der Waals surface area contributed by atoms with Gasteiger partial charge in [0.2, 0.25) is 0 Å². The molecule has 3 N–H and O–H groups in total. The molecule has 7 heteroatoms. The van der Waals surface area contributed by atoms with Crippen LogP contribution in [0, 0.1) is 16.7 Å². The summed E-state index contributed by atoms with van der Waals surface area (Å²) < 4.78 is 6.07. The Hall–Kier alpha value is -6.23. The summed E-state index contributed by atoms with van der Waals surface area (Å²) in [5.41, 5.74) is 6.31. The van der Waals surface area contributed by atoms with Crippen molar-refractivity contribution in [3.05, 3.63) is 186 Å². The summed E-state index contributed by atoms with van der Waals surface area (Å²) in [5.74, 6) is -0.250. The molecule has 1 aliphatic heterocycles. The Morgan fingerprint density at radius 1 is 0.952 bits per heavy atom. The van der Waals surface area contributed by atoms with Gasteiger partial charge in [-0.25, -0.2) is 0 Å². The van der Waals surface area contributed by atoms with Crippen LogP contribution >= 0.6 is 0 Å². The molecule has 0 spiro atoms. The fourth-order valence-corrected chi connectivity index (χ4v) is 8.29. The van der Waals surface area contributed by atoms with Gasteiger partial charge in [0.1, 0.15) is 11.5 Å². The lowest BCUT2D eigenvalue weighted by Gasteiger charge is -2.34. The summed E-state index contributed by atoms with van der Waals surface area (Å²) in [6.45, 7) is 19.3. The van der Waals surface area contributed by atoms with E-state index in [0.29, 0.717) is 24.3 Å². The SMILES string of the molecule is C=C(/C=C(\C=C/[NH2+]CCC(=O)O)OC(C)C)C(C)(C/C=C/C(C#N)=C/C=C1/N(CCC)c2c(ccc3ccccc23)C1(Cc1ccccc1)Cc1ccccc1)CC(C)=O.CC. The molecular formula is C55H66N3O4+. The average molecular weight is 833 g/mol. The van der Waals surface area contributed by atoms with Crippen molar-refractivity contribution in [2.24, 2.45) is 5.41 Å². The fourth-order valence-electron chi connectivity index (χ4n) is 8.29. The van der Waals surface area contributed by atoms with Crippen molar-refractivity contribution < 1.29 is 24.7 Å². The summed E-state index contributed by atoms with van der Waals surface area (Å²) >= 11 is 0. The van der Waals surface area contributed by atoms with Gasteiger partial charge in [0.05, 0.1) is 42.6 Å². The highest BCUT2D eigenvalue weighted by atomic mass is 16.5. The van der Waals surface area contributed by atoms with Crippen molar-refractivity contribution >= 4 is 28.2 Å². The maximum absolute atomic E-state index is 12.7. The zero-order valence-corrected chi connectivity index (χ0v) is 37.9. The first-order valence-corrected chi connectivity index (χ1v) is 22.0. The molecular weight excluding hydrogens is 767 g/mol. The number of carboxylic acids is 1. The number of carbonyl (C=O) groups excluding carboxylic acids is 1. The van der Waals surface area contributed by atoms with Gasteiger partial charge >= 0.3 is 5.97 Å². The normalized spacial score (nSPS) is 15.3. The van der Waals surface area contributed by atoms with Gasteiger partial charge in [-0.1, -0.05) is 137 Å². The zero-order valence-electron chi connectivity index (χ0n) is 37.9. The third-order valence-electron chi connectivity index (χ3n) is 11.1. The quantitative estimate of drug-likeness (QED) is 0.0375. The number of aliphatic carboxylic acids is 1. The maximum Gasteiger partial charge on any atom is 0.309 e. The van der Waals surface area contributed by atoms with Crippen LogP contribution in [0.4, 0.5) is 5.69 Å². The Kier molecular flexibility index (Phi) is 18.5. The molecule has 1 unspecified atom stereocenters. The second-order valence-corrected chi connectivity index (χ2v) is 16.3. The molecule has 62 heavy (non-hydrogen) atoms. The highest BCUT2D eigenvalue weighted by Crippen LogP contribution is 2.54. The number of ketones is 1. The van der Waals surface area contributed by atoms with Crippen LogP contribution in [-0.4, -0.2) is 36.1 Å². The Morgan fingerprint density at radius 3 is 2.16 bits per heavy atom. The van der Waals surface area contributed by atoms with E-state index in [9.17, 15) is 14.9 Å². The molecule has 0 bridgehead atoms. The van der Waals surface area contributed by atoms with Gasteiger partial charge in [0.15, 0.2) is 0 Å². The Labute approximate surface area is 370 Å². The van der Waals surface area contributed by atoms with E-state index in [1.807, 2.05) is 58.9 Å². The summed E-state index contributed by atoms with van der Waals surface area (Å²) in [6.07, 6.45) is 16.5. The van der Waals surface area contributed by atoms with E-state index in [2.05, 4.69) is 128 Å². The predicted octanol–water partition coefficient (Wildman–Crippen LogP) is 11.5. The fraction of sp³-hybridized carbons (Fsp3) is 0.327. The van der Waals surface area contributed by atoms with Crippen LogP contribution in [0.3, 0.4) is 0 Å². The average Bonchev–Trinajstić information content (AvgIpc) is 3.50. The van der Waals surface area contributed by atoms with Gasteiger partial charge in [-0.05, 0) is 98.4 Å². The number of nitriles is 1. The van der Waals surface area contributed by atoms with Gasteiger partial charge in [0, 0.05) is 41.0 Å². The molecule has 0 fully saturated rings. The largest absolute Gasteiger partial charge is 0.491 e. The highest BCUT2D eigenvalue weighted by Gasteiger charge is 2.47. The van der Waals surface area contributed by atoms with Crippen LogP contribution in [0.5, 0.6) is 0 Å². The number of ether oxygens (including phenoxy) is 1. The maximum atomic E-state index is 12.7. The number of carbonyl (C=O) groups is 2.